The van der Waals surface area contributed by atoms with Crippen molar-refractivity contribution < 1.29 is 14.6 Å². The van der Waals surface area contributed by atoms with Crippen LogP contribution in [0.3, 0.4) is 0 Å². The van der Waals surface area contributed by atoms with Crippen LogP contribution in [0.15, 0.2) is 0 Å². The number of carbonyl (C=O) groups excluding carboxylic acids is 1. The van der Waals surface area contributed by atoms with Crippen LogP contribution in [0.2, 0.25) is 0 Å². The van der Waals surface area contributed by atoms with Crippen LogP contribution in [0.1, 0.15) is 26.7 Å². The Bertz CT molecular complexity index is 196. The van der Waals surface area contributed by atoms with E-state index < -0.39 is 5.60 Å². The number of hydrogen-bond donors (Lipinski definition) is 1. The fraction of sp³-hybridized carbons (Fsp3) is 0.900. The topological polar surface area (TPSA) is 49.8 Å². The standard InChI is InChI=1S/C10H19NO3/c1-3-14-6-4-5-9(12)11-7-10(2,13)8-11/h13H,3-8H2,1-2H3. The molecule has 1 amide bonds. The van der Waals surface area contributed by atoms with E-state index in [1.165, 1.54) is 0 Å². The molecule has 4 nitrogen and oxygen atoms in total. The molecule has 0 atom stereocenters. The molecule has 0 aromatic rings. The summed E-state index contributed by atoms with van der Waals surface area (Å²) in [6.45, 7) is 5.98. The van der Waals surface area contributed by atoms with E-state index in [4.69, 9.17) is 4.74 Å². The molecule has 0 spiro atoms. The van der Waals surface area contributed by atoms with Gasteiger partial charge < -0.3 is 14.7 Å². The summed E-state index contributed by atoms with van der Waals surface area (Å²) in [5.74, 6) is 0.122. The van der Waals surface area contributed by atoms with E-state index in [1.54, 1.807) is 11.8 Å². The van der Waals surface area contributed by atoms with Crippen molar-refractivity contribution >= 4 is 5.91 Å². The SMILES string of the molecule is CCOCCCC(=O)N1CC(C)(O)C1. The molecule has 1 rings (SSSR count). The third-order valence-electron chi connectivity index (χ3n) is 2.30. The van der Waals surface area contributed by atoms with Crippen molar-refractivity contribution in [3.8, 4) is 0 Å². The van der Waals surface area contributed by atoms with E-state index in [-0.39, 0.29) is 5.91 Å². The number of likely N-dealkylation sites (tertiary alicyclic amines) is 1. The Morgan fingerprint density at radius 2 is 2.21 bits per heavy atom. The quantitative estimate of drug-likeness (QED) is 0.655. The summed E-state index contributed by atoms with van der Waals surface area (Å²) in [6, 6.07) is 0. The molecule has 1 saturated heterocycles. The zero-order valence-electron chi connectivity index (χ0n) is 8.95. The fourth-order valence-corrected chi connectivity index (χ4v) is 1.58. The van der Waals surface area contributed by atoms with Crippen molar-refractivity contribution in [2.45, 2.75) is 32.3 Å². The lowest BCUT2D eigenvalue weighted by Crippen LogP contribution is -2.61. The highest BCUT2D eigenvalue weighted by Crippen LogP contribution is 2.20. The lowest BCUT2D eigenvalue weighted by Gasteiger charge is -2.44. The molecule has 0 unspecified atom stereocenters. The molecule has 4 heteroatoms. The van der Waals surface area contributed by atoms with Crippen LogP contribution in [0.25, 0.3) is 0 Å². The van der Waals surface area contributed by atoms with Gasteiger partial charge in [0.1, 0.15) is 0 Å². The predicted octanol–water partition coefficient (Wildman–Crippen LogP) is 0.396. The third-order valence-corrected chi connectivity index (χ3v) is 2.30. The Hall–Kier alpha value is -0.610. The highest BCUT2D eigenvalue weighted by atomic mass is 16.5. The second-order valence-electron chi connectivity index (χ2n) is 4.05. The normalized spacial score (nSPS) is 19.2. The van der Waals surface area contributed by atoms with Crippen LogP contribution >= 0.6 is 0 Å². The average Bonchev–Trinajstić information content (AvgIpc) is 2.08. The summed E-state index contributed by atoms with van der Waals surface area (Å²) >= 11 is 0. The van der Waals surface area contributed by atoms with Gasteiger partial charge in [0.2, 0.25) is 5.91 Å². The zero-order valence-corrected chi connectivity index (χ0v) is 8.95. The molecule has 1 aliphatic rings. The Balaban J connectivity index is 2.06. The minimum atomic E-state index is -0.657. The minimum Gasteiger partial charge on any atom is -0.386 e. The van der Waals surface area contributed by atoms with Crippen molar-refractivity contribution in [3.05, 3.63) is 0 Å². The van der Waals surface area contributed by atoms with Gasteiger partial charge in [0.05, 0.1) is 18.7 Å². The van der Waals surface area contributed by atoms with E-state index in [0.29, 0.717) is 32.7 Å². The van der Waals surface area contributed by atoms with Gasteiger partial charge in [-0.25, -0.2) is 0 Å². The van der Waals surface area contributed by atoms with Crippen molar-refractivity contribution in [1.29, 1.82) is 0 Å². The molecule has 0 aromatic carbocycles. The number of nitrogens with zero attached hydrogens (tertiary/aromatic N) is 1. The highest BCUT2D eigenvalue weighted by molar-refractivity contribution is 5.77. The molecule has 82 valence electrons. The molecule has 14 heavy (non-hydrogen) atoms. The average molecular weight is 201 g/mol. The van der Waals surface area contributed by atoms with Gasteiger partial charge in [-0.1, -0.05) is 0 Å². The summed E-state index contributed by atoms with van der Waals surface area (Å²) in [5, 5.41) is 9.42. The lowest BCUT2D eigenvalue weighted by molar-refractivity contribution is -0.152. The number of amides is 1. The first-order valence-electron chi connectivity index (χ1n) is 5.13. The first-order chi connectivity index (χ1) is 6.55. The molecule has 0 aliphatic carbocycles. The molecular formula is C10H19NO3. The molecule has 0 saturated carbocycles. The van der Waals surface area contributed by atoms with Crippen molar-refractivity contribution in [3.63, 3.8) is 0 Å². The summed E-state index contributed by atoms with van der Waals surface area (Å²) in [5.41, 5.74) is -0.657. The highest BCUT2D eigenvalue weighted by Gasteiger charge is 2.38. The molecule has 0 radical (unpaired) electrons. The summed E-state index contributed by atoms with van der Waals surface area (Å²) in [4.78, 5) is 13.1. The second kappa shape index (κ2) is 4.75. The molecule has 1 fully saturated rings. The maximum absolute atomic E-state index is 11.4. The van der Waals surface area contributed by atoms with Gasteiger partial charge in [0.15, 0.2) is 0 Å². The van der Waals surface area contributed by atoms with E-state index in [1.807, 2.05) is 6.92 Å². The Morgan fingerprint density at radius 3 is 2.71 bits per heavy atom. The minimum absolute atomic E-state index is 0.122. The number of carbonyl (C=O) groups is 1. The number of rotatable bonds is 5. The Morgan fingerprint density at radius 1 is 1.57 bits per heavy atom. The maximum atomic E-state index is 11.4. The molecule has 1 N–H and O–H groups in total. The smallest absolute Gasteiger partial charge is 0.222 e. The maximum Gasteiger partial charge on any atom is 0.222 e. The molecular weight excluding hydrogens is 182 g/mol. The van der Waals surface area contributed by atoms with Crippen LogP contribution in [-0.2, 0) is 9.53 Å². The number of ether oxygens (including phenoxy) is 1. The fourth-order valence-electron chi connectivity index (χ4n) is 1.58. The Kier molecular flexibility index (Phi) is 3.89. The second-order valence-corrected chi connectivity index (χ2v) is 4.05. The number of β-amino-alcohol motifs (C(OH)–C–C–N with tert-alkyl or cyclic N) is 1. The van der Waals surface area contributed by atoms with Gasteiger partial charge in [-0.3, -0.25) is 4.79 Å². The van der Waals surface area contributed by atoms with Crippen LogP contribution in [0.4, 0.5) is 0 Å². The van der Waals surface area contributed by atoms with Gasteiger partial charge in [0, 0.05) is 19.6 Å². The third kappa shape index (κ3) is 3.27. The zero-order chi connectivity index (χ0) is 10.6. The summed E-state index contributed by atoms with van der Waals surface area (Å²) in [6.07, 6.45) is 1.29. The lowest BCUT2D eigenvalue weighted by atomic mass is 9.96. The summed E-state index contributed by atoms with van der Waals surface area (Å²) < 4.78 is 5.14. The molecule has 1 aliphatic heterocycles. The molecule has 0 bridgehead atoms. The van der Waals surface area contributed by atoms with E-state index in [2.05, 4.69) is 0 Å². The molecule has 1 heterocycles. The van der Waals surface area contributed by atoms with Crippen LogP contribution in [0, 0.1) is 0 Å². The van der Waals surface area contributed by atoms with Gasteiger partial charge >= 0.3 is 0 Å². The van der Waals surface area contributed by atoms with Crippen molar-refractivity contribution in [1.82, 2.24) is 4.90 Å². The first kappa shape index (κ1) is 11.5. The summed E-state index contributed by atoms with van der Waals surface area (Å²) in [7, 11) is 0. The van der Waals surface area contributed by atoms with Crippen molar-refractivity contribution in [2.75, 3.05) is 26.3 Å². The van der Waals surface area contributed by atoms with Gasteiger partial charge in [0.25, 0.3) is 0 Å². The largest absolute Gasteiger partial charge is 0.386 e. The van der Waals surface area contributed by atoms with E-state index in [9.17, 15) is 9.90 Å². The van der Waals surface area contributed by atoms with Gasteiger partial charge in [-0.05, 0) is 20.3 Å². The predicted molar refractivity (Wildman–Crippen MR) is 52.9 cm³/mol. The Labute approximate surface area is 84.8 Å². The van der Waals surface area contributed by atoms with Gasteiger partial charge in [-0.15, -0.1) is 0 Å². The van der Waals surface area contributed by atoms with Crippen LogP contribution in [0.5, 0.6) is 0 Å². The number of hydrogen-bond acceptors (Lipinski definition) is 3. The molecule has 0 aromatic heterocycles. The van der Waals surface area contributed by atoms with Crippen LogP contribution < -0.4 is 0 Å². The van der Waals surface area contributed by atoms with Crippen molar-refractivity contribution in [2.24, 2.45) is 0 Å². The van der Waals surface area contributed by atoms with E-state index in [0.717, 1.165) is 6.42 Å². The van der Waals surface area contributed by atoms with Gasteiger partial charge in [-0.2, -0.15) is 0 Å². The number of aliphatic hydroxyl groups is 1. The monoisotopic (exact) mass is 201 g/mol. The van der Waals surface area contributed by atoms with E-state index >= 15 is 0 Å². The van der Waals surface area contributed by atoms with Crippen LogP contribution in [-0.4, -0.2) is 47.8 Å². The first-order valence-corrected chi connectivity index (χ1v) is 5.13.